The van der Waals surface area contributed by atoms with Crippen molar-refractivity contribution in [2.75, 3.05) is 0 Å². The highest BCUT2D eigenvalue weighted by Gasteiger charge is 2.36. The molecule has 0 saturated carbocycles. The fraction of sp³-hybridized carbons (Fsp3) is 0.421. The third-order valence-corrected chi connectivity index (χ3v) is 4.51. The van der Waals surface area contributed by atoms with E-state index in [1.165, 1.54) is 22.3 Å². The van der Waals surface area contributed by atoms with E-state index in [4.69, 9.17) is 0 Å². The second kappa shape index (κ2) is 8.68. The van der Waals surface area contributed by atoms with Gasteiger partial charge in [0, 0.05) is 12.4 Å². The zero-order valence-electron chi connectivity index (χ0n) is 15.5. The van der Waals surface area contributed by atoms with Crippen molar-refractivity contribution >= 4 is 11.9 Å². The average molecular weight is 375 g/mol. The Hall–Kier alpha value is -2.87. The van der Waals surface area contributed by atoms with Gasteiger partial charge in [-0.25, -0.2) is 4.79 Å². The van der Waals surface area contributed by atoms with Crippen LogP contribution >= 0.6 is 0 Å². The lowest BCUT2D eigenvalue weighted by molar-refractivity contribution is -0.147. The predicted molar refractivity (Wildman–Crippen MR) is 99.7 cm³/mol. The summed E-state index contributed by atoms with van der Waals surface area (Å²) in [6.45, 7) is 3.49. The third kappa shape index (κ3) is 5.07. The molecule has 0 saturated heterocycles. The number of rotatable bonds is 10. The van der Waals surface area contributed by atoms with Gasteiger partial charge in [0.15, 0.2) is 0 Å². The minimum absolute atomic E-state index is 0.164. The summed E-state index contributed by atoms with van der Waals surface area (Å²) in [5.74, 6) is -2.33. The SMILES string of the molecule is CCCC(C)(NC(Cn1ccn(Cc2ccccc2)c1=O)C(=O)O)C(=O)O. The van der Waals surface area contributed by atoms with E-state index in [1.54, 1.807) is 6.20 Å². The van der Waals surface area contributed by atoms with Crippen molar-refractivity contribution in [1.29, 1.82) is 0 Å². The molecule has 0 amide bonds. The number of nitrogens with zero attached hydrogens (tertiary/aromatic N) is 2. The zero-order valence-corrected chi connectivity index (χ0v) is 15.5. The third-order valence-electron chi connectivity index (χ3n) is 4.51. The van der Waals surface area contributed by atoms with Gasteiger partial charge >= 0.3 is 17.6 Å². The summed E-state index contributed by atoms with van der Waals surface area (Å²) in [7, 11) is 0. The first-order chi connectivity index (χ1) is 12.8. The molecule has 146 valence electrons. The fourth-order valence-corrected chi connectivity index (χ4v) is 3.00. The Balaban J connectivity index is 2.18. The monoisotopic (exact) mass is 375 g/mol. The van der Waals surface area contributed by atoms with E-state index in [0.717, 1.165) is 5.56 Å². The summed E-state index contributed by atoms with van der Waals surface area (Å²) in [6, 6.07) is 8.23. The number of benzene rings is 1. The topological polar surface area (TPSA) is 114 Å². The maximum Gasteiger partial charge on any atom is 0.328 e. The minimum Gasteiger partial charge on any atom is -0.480 e. The van der Waals surface area contributed by atoms with Crippen LogP contribution in [0.3, 0.4) is 0 Å². The standard InChI is InChI=1S/C19H25N3O5/c1-3-9-19(2,17(25)26)20-15(16(23)24)13-22-11-10-21(18(22)27)12-14-7-5-4-6-8-14/h4-8,10-11,15,20H,3,9,12-13H2,1-2H3,(H,23,24)(H,25,26). The Kier molecular flexibility index (Phi) is 6.57. The van der Waals surface area contributed by atoms with E-state index in [1.807, 2.05) is 37.3 Å². The Bertz CT molecular complexity index is 843. The van der Waals surface area contributed by atoms with E-state index in [2.05, 4.69) is 5.32 Å². The number of carbonyl (C=O) groups is 2. The minimum atomic E-state index is -1.38. The van der Waals surface area contributed by atoms with Crippen molar-refractivity contribution in [3.8, 4) is 0 Å². The van der Waals surface area contributed by atoms with Crippen molar-refractivity contribution in [3.63, 3.8) is 0 Å². The summed E-state index contributed by atoms with van der Waals surface area (Å²) >= 11 is 0. The number of aromatic nitrogens is 2. The number of imidazole rings is 1. The molecule has 2 rings (SSSR count). The van der Waals surface area contributed by atoms with Gasteiger partial charge in [0.1, 0.15) is 11.6 Å². The molecule has 2 atom stereocenters. The van der Waals surface area contributed by atoms with Crippen LogP contribution in [0.15, 0.2) is 47.5 Å². The lowest BCUT2D eigenvalue weighted by Crippen LogP contribution is -2.57. The van der Waals surface area contributed by atoms with Crippen molar-refractivity contribution in [1.82, 2.24) is 14.5 Å². The van der Waals surface area contributed by atoms with Crippen molar-refractivity contribution in [3.05, 3.63) is 58.8 Å². The van der Waals surface area contributed by atoms with Crippen LogP contribution < -0.4 is 11.0 Å². The molecule has 0 aliphatic carbocycles. The van der Waals surface area contributed by atoms with Crippen LogP contribution in [0.2, 0.25) is 0 Å². The molecule has 0 aliphatic heterocycles. The molecule has 2 aromatic rings. The second-order valence-corrected chi connectivity index (χ2v) is 6.77. The summed E-state index contributed by atoms with van der Waals surface area (Å²) in [5, 5.41) is 21.7. The largest absolute Gasteiger partial charge is 0.480 e. The normalized spacial score (nSPS) is 14.4. The van der Waals surface area contributed by atoms with Crippen molar-refractivity contribution < 1.29 is 19.8 Å². The van der Waals surface area contributed by atoms with Crippen LogP contribution in [0.4, 0.5) is 0 Å². The molecule has 27 heavy (non-hydrogen) atoms. The number of hydrogen-bond donors (Lipinski definition) is 3. The molecule has 0 fully saturated rings. The Morgan fingerprint density at radius 1 is 1.15 bits per heavy atom. The van der Waals surface area contributed by atoms with E-state index >= 15 is 0 Å². The number of carboxylic acids is 2. The van der Waals surface area contributed by atoms with Crippen LogP contribution in [-0.2, 0) is 22.7 Å². The van der Waals surface area contributed by atoms with Gasteiger partial charge in [-0.1, -0.05) is 43.7 Å². The molecule has 2 unspecified atom stereocenters. The smallest absolute Gasteiger partial charge is 0.328 e. The van der Waals surface area contributed by atoms with Crippen molar-refractivity contribution in [2.45, 2.75) is 51.4 Å². The lowest BCUT2D eigenvalue weighted by atomic mass is 9.95. The number of nitrogens with one attached hydrogen (secondary N) is 1. The van der Waals surface area contributed by atoms with Gasteiger partial charge in [-0.3, -0.25) is 24.0 Å². The van der Waals surface area contributed by atoms with Crippen molar-refractivity contribution in [2.24, 2.45) is 0 Å². The Morgan fingerprint density at radius 3 is 2.33 bits per heavy atom. The number of aliphatic carboxylic acids is 2. The first-order valence-electron chi connectivity index (χ1n) is 8.80. The number of carboxylic acid groups (broad SMARTS) is 2. The van der Waals surface area contributed by atoms with E-state index in [-0.39, 0.29) is 18.7 Å². The van der Waals surface area contributed by atoms with Crippen LogP contribution in [-0.4, -0.2) is 42.9 Å². The van der Waals surface area contributed by atoms with Gasteiger partial charge < -0.3 is 10.2 Å². The average Bonchev–Trinajstić information content (AvgIpc) is 2.95. The molecule has 8 nitrogen and oxygen atoms in total. The number of hydrogen-bond acceptors (Lipinski definition) is 4. The summed E-state index contributed by atoms with van der Waals surface area (Å²) < 4.78 is 2.76. The molecule has 0 aliphatic rings. The highest BCUT2D eigenvalue weighted by atomic mass is 16.4. The first kappa shape index (κ1) is 20.4. The van der Waals surface area contributed by atoms with Crippen LogP contribution in [0.5, 0.6) is 0 Å². The lowest BCUT2D eigenvalue weighted by Gasteiger charge is -2.29. The molecule has 1 heterocycles. The Morgan fingerprint density at radius 2 is 1.78 bits per heavy atom. The molecule has 0 bridgehead atoms. The predicted octanol–water partition coefficient (Wildman–Crippen LogP) is 1.38. The summed E-state index contributed by atoms with van der Waals surface area (Å²) in [5.41, 5.74) is -0.778. The van der Waals surface area contributed by atoms with Crippen LogP contribution in [0.1, 0.15) is 32.3 Å². The molecule has 0 spiro atoms. The highest BCUT2D eigenvalue weighted by Crippen LogP contribution is 2.14. The molecule has 8 heteroatoms. The molecule has 1 aromatic heterocycles. The molecular formula is C19H25N3O5. The van der Waals surface area contributed by atoms with Gasteiger partial charge in [-0.2, -0.15) is 0 Å². The van der Waals surface area contributed by atoms with Crippen LogP contribution in [0.25, 0.3) is 0 Å². The first-order valence-corrected chi connectivity index (χ1v) is 8.80. The van der Waals surface area contributed by atoms with Gasteiger partial charge in [-0.05, 0) is 18.9 Å². The second-order valence-electron chi connectivity index (χ2n) is 6.77. The quantitative estimate of drug-likeness (QED) is 0.578. The molecule has 0 radical (unpaired) electrons. The maximum absolute atomic E-state index is 12.5. The van der Waals surface area contributed by atoms with Gasteiger partial charge in [0.25, 0.3) is 0 Å². The zero-order chi connectivity index (χ0) is 20.0. The summed E-state index contributed by atoms with van der Waals surface area (Å²) in [4.78, 5) is 35.8. The molecule has 1 aromatic carbocycles. The van der Waals surface area contributed by atoms with E-state index in [9.17, 15) is 24.6 Å². The molecular weight excluding hydrogens is 350 g/mol. The fourth-order valence-electron chi connectivity index (χ4n) is 3.00. The van der Waals surface area contributed by atoms with Gasteiger partial charge in [0.05, 0.1) is 13.1 Å². The van der Waals surface area contributed by atoms with Crippen LogP contribution in [0, 0.1) is 0 Å². The van der Waals surface area contributed by atoms with Gasteiger partial charge in [-0.15, -0.1) is 0 Å². The Labute approximate surface area is 157 Å². The van der Waals surface area contributed by atoms with E-state index in [0.29, 0.717) is 13.0 Å². The maximum atomic E-state index is 12.5. The van der Waals surface area contributed by atoms with E-state index < -0.39 is 23.5 Å². The highest BCUT2D eigenvalue weighted by molar-refractivity contribution is 5.80. The molecule has 3 N–H and O–H groups in total. The summed E-state index contributed by atoms with van der Waals surface area (Å²) in [6.07, 6.45) is 3.96. The van der Waals surface area contributed by atoms with Gasteiger partial charge in [0.2, 0.25) is 0 Å².